The number of fused-ring (bicyclic) bond motifs is 1. The Bertz CT molecular complexity index is 970. The first-order chi connectivity index (χ1) is 14.2. The van der Waals surface area contributed by atoms with Crippen molar-refractivity contribution in [3.05, 3.63) is 42.1 Å². The fraction of sp³-hybridized carbons (Fsp3) is 0.333. The van der Waals surface area contributed by atoms with Crippen molar-refractivity contribution in [1.82, 2.24) is 4.98 Å². The molecular formula is C21H22N2O6S. The van der Waals surface area contributed by atoms with Gasteiger partial charge in [-0.15, -0.1) is 0 Å². The van der Waals surface area contributed by atoms with Gasteiger partial charge in [0.2, 0.25) is 12.7 Å². The molecule has 1 N–H and O–H groups in total. The summed E-state index contributed by atoms with van der Waals surface area (Å²) in [5, 5.41) is 3.12. The molecule has 2 aromatic rings. The Kier molecular flexibility index (Phi) is 6.61. The number of rotatable bonds is 7. The summed E-state index contributed by atoms with van der Waals surface area (Å²) < 4.78 is 15.7. The number of carbonyl (C=O) groups excluding carboxylic acids is 3. The van der Waals surface area contributed by atoms with Gasteiger partial charge in [-0.05, 0) is 24.3 Å². The second kappa shape index (κ2) is 9.17. The second-order valence-electron chi connectivity index (χ2n) is 7.51. The van der Waals surface area contributed by atoms with E-state index in [1.807, 2.05) is 0 Å². The van der Waals surface area contributed by atoms with Crippen molar-refractivity contribution < 1.29 is 28.6 Å². The van der Waals surface area contributed by atoms with Crippen molar-refractivity contribution in [1.29, 1.82) is 0 Å². The maximum absolute atomic E-state index is 12.4. The van der Waals surface area contributed by atoms with Gasteiger partial charge in [-0.25, -0.2) is 9.78 Å². The summed E-state index contributed by atoms with van der Waals surface area (Å²) >= 11 is 1.10. The van der Waals surface area contributed by atoms with Gasteiger partial charge in [-0.2, -0.15) is 0 Å². The number of ether oxygens (including phenoxy) is 3. The number of thioether (sulfide) groups is 1. The van der Waals surface area contributed by atoms with Gasteiger partial charge in [-0.1, -0.05) is 32.5 Å². The van der Waals surface area contributed by atoms with Crippen LogP contribution in [0.5, 0.6) is 11.5 Å². The molecule has 1 aliphatic rings. The Balaban J connectivity index is 1.57. The van der Waals surface area contributed by atoms with Crippen LogP contribution in [0.1, 0.15) is 31.1 Å². The summed E-state index contributed by atoms with van der Waals surface area (Å²) in [5.74, 6) is 0.124. The lowest BCUT2D eigenvalue weighted by Crippen LogP contribution is -2.26. The van der Waals surface area contributed by atoms with E-state index in [9.17, 15) is 14.4 Å². The molecule has 0 atom stereocenters. The van der Waals surface area contributed by atoms with Crippen molar-refractivity contribution in [2.45, 2.75) is 25.8 Å². The molecule has 1 aromatic carbocycles. The maximum Gasteiger partial charge on any atom is 0.341 e. The number of esters is 1. The molecule has 2 heterocycles. The number of nitrogens with zero attached hydrogens (tertiary/aromatic N) is 1. The molecule has 1 amide bonds. The van der Waals surface area contributed by atoms with Crippen LogP contribution in [0.2, 0.25) is 0 Å². The summed E-state index contributed by atoms with van der Waals surface area (Å²) in [6.07, 6.45) is 1.52. The van der Waals surface area contributed by atoms with Crippen LogP contribution in [-0.2, 0) is 14.3 Å². The smallest absolute Gasteiger partial charge is 0.341 e. The molecule has 0 saturated heterocycles. The summed E-state index contributed by atoms with van der Waals surface area (Å²) in [6.45, 7) is 5.11. The van der Waals surface area contributed by atoms with Crippen LogP contribution in [0.4, 0.5) is 5.69 Å². The number of ketones is 1. The van der Waals surface area contributed by atoms with E-state index in [0.717, 1.165) is 11.8 Å². The van der Waals surface area contributed by atoms with Crippen LogP contribution < -0.4 is 14.8 Å². The molecule has 8 nitrogen and oxygen atoms in total. The highest BCUT2D eigenvalue weighted by molar-refractivity contribution is 8.00. The van der Waals surface area contributed by atoms with E-state index in [1.54, 1.807) is 51.1 Å². The van der Waals surface area contributed by atoms with E-state index >= 15 is 0 Å². The van der Waals surface area contributed by atoms with Crippen LogP contribution in [0.25, 0.3) is 0 Å². The highest BCUT2D eigenvalue weighted by Gasteiger charge is 2.24. The largest absolute Gasteiger partial charge is 0.454 e. The zero-order valence-corrected chi connectivity index (χ0v) is 17.7. The third kappa shape index (κ3) is 5.50. The highest BCUT2D eigenvalue weighted by atomic mass is 32.2. The number of aromatic nitrogens is 1. The molecule has 0 bridgehead atoms. The molecule has 1 aliphatic heterocycles. The van der Waals surface area contributed by atoms with Crippen molar-refractivity contribution >= 4 is 35.1 Å². The van der Waals surface area contributed by atoms with Crippen LogP contribution in [0.3, 0.4) is 0 Å². The maximum atomic E-state index is 12.4. The number of carbonyl (C=O) groups is 3. The molecule has 0 spiro atoms. The number of pyridine rings is 1. The van der Waals surface area contributed by atoms with Crippen molar-refractivity contribution in [3.8, 4) is 11.5 Å². The molecule has 0 fully saturated rings. The van der Waals surface area contributed by atoms with E-state index in [-0.39, 0.29) is 36.4 Å². The van der Waals surface area contributed by atoms with E-state index < -0.39 is 11.4 Å². The minimum absolute atomic E-state index is 0.0344. The summed E-state index contributed by atoms with van der Waals surface area (Å²) in [6, 6.07) is 8.26. The highest BCUT2D eigenvalue weighted by Crippen LogP contribution is 2.34. The van der Waals surface area contributed by atoms with Gasteiger partial charge in [-0.3, -0.25) is 9.59 Å². The van der Waals surface area contributed by atoms with Gasteiger partial charge in [0.05, 0.1) is 11.3 Å². The average Bonchev–Trinajstić information content (AvgIpc) is 3.17. The predicted molar refractivity (Wildman–Crippen MR) is 111 cm³/mol. The molecular weight excluding hydrogens is 408 g/mol. The summed E-state index contributed by atoms with van der Waals surface area (Å²) in [5.41, 5.74) is 0.186. The summed E-state index contributed by atoms with van der Waals surface area (Å²) in [4.78, 5) is 40.8. The first-order valence-corrected chi connectivity index (χ1v) is 10.2. The van der Waals surface area contributed by atoms with Gasteiger partial charge in [0.25, 0.3) is 0 Å². The molecule has 9 heteroatoms. The lowest BCUT2D eigenvalue weighted by molar-refractivity contribution is -0.129. The number of anilines is 1. The van der Waals surface area contributed by atoms with Crippen LogP contribution in [-0.4, -0.2) is 41.8 Å². The quantitative estimate of drug-likeness (QED) is 0.527. The van der Waals surface area contributed by atoms with E-state index in [4.69, 9.17) is 14.2 Å². The zero-order valence-electron chi connectivity index (χ0n) is 16.9. The third-order valence-electron chi connectivity index (χ3n) is 4.16. The number of nitrogens with one attached hydrogen (secondary N) is 1. The second-order valence-corrected chi connectivity index (χ2v) is 8.47. The van der Waals surface area contributed by atoms with Crippen molar-refractivity contribution in [2.75, 3.05) is 24.5 Å². The predicted octanol–water partition coefficient (Wildman–Crippen LogP) is 3.31. The fourth-order valence-corrected chi connectivity index (χ4v) is 3.17. The lowest BCUT2D eigenvalue weighted by Gasteiger charge is -2.16. The molecule has 0 aliphatic carbocycles. The minimum atomic E-state index is -0.653. The van der Waals surface area contributed by atoms with Gasteiger partial charge in [0.1, 0.15) is 5.03 Å². The van der Waals surface area contributed by atoms with Gasteiger partial charge < -0.3 is 19.5 Å². The Labute approximate surface area is 178 Å². The Morgan fingerprint density at radius 3 is 2.70 bits per heavy atom. The van der Waals surface area contributed by atoms with Crippen molar-refractivity contribution in [2.24, 2.45) is 5.41 Å². The molecule has 3 rings (SSSR count). The Morgan fingerprint density at radius 2 is 1.93 bits per heavy atom. The molecule has 0 saturated carbocycles. The molecule has 158 valence electrons. The Hall–Kier alpha value is -3.07. The number of hydrogen-bond acceptors (Lipinski definition) is 8. The molecule has 0 radical (unpaired) electrons. The number of Topliss-reactive ketones (excluding diaryl/α,β-unsaturated/α-hetero) is 1. The molecule has 0 unspecified atom stereocenters. The first-order valence-electron chi connectivity index (χ1n) is 9.22. The summed E-state index contributed by atoms with van der Waals surface area (Å²) in [7, 11) is 0. The number of benzene rings is 1. The standard InChI is InChI=1S/C21H22N2O6S/c1-21(2,3)17(24)10-27-20(26)14-5-4-8-22-19(14)30-11-18(25)23-13-6-7-15-16(9-13)29-12-28-15/h4-9H,10-12H2,1-3H3,(H,23,25). The molecule has 30 heavy (non-hydrogen) atoms. The van der Waals surface area contributed by atoms with Crippen molar-refractivity contribution in [3.63, 3.8) is 0 Å². The first kappa shape index (κ1) is 21.6. The molecule has 1 aromatic heterocycles. The monoisotopic (exact) mass is 430 g/mol. The lowest BCUT2D eigenvalue weighted by atomic mass is 9.91. The third-order valence-corrected chi connectivity index (χ3v) is 5.16. The average molecular weight is 430 g/mol. The van der Waals surface area contributed by atoms with E-state index in [2.05, 4.69) is 10.3 Å². The van der Waals surface area contributed by atoms with Gasteiger partial charge in [0.15, 0.2) is 23.9 Å². The zero-order chi connectivity index (χ0) is 21.7. The fourth-order valence-electron chi connectivity index (χ4n) is 2.39. The van der Waals surface area contributed by atoms with E-state index in [0.29, 0.717) is 22.2 Å². The Morgan fingerprint density at radius 1 is 1.17 bits per heavy atom. The minimum Gasteiger partial charge on any atom is -0.454 e. The van der Waals surface area contributed by atoms with Gasteiger partial charge in [0, 0.05) is 23.4 Å². The van der Waals surface area contributed by atoms with Crippen LogP contribution >= 0.6 is 11.8 Å². The number of amides is 1. The topological polar surface area (TPSA) is 104 Å². The number of hydrogen-bond donors (Lipinski definition) is 1. The van der Waals surface area contributed by atoms with Crippen LogP contribution in [0.15, 0.2) is 41.6 Å². The van der Waals surface area contributed by atoms with Gasteiger partial charge >= 0.3 is 5.97 Å². The van der Waals surface area contributed by atoms with Crippen LogP contribution in [0, 0.1) is 5.41 Å². The SMILES string of the molecule is CC(C)(C)C(=O)COC(=O)c1cccnc1SCC(=O)Nc1ccc2c(c1)OCO2. The normalized spacial score (nSPS) is 12.4. The van der Waals surface area contributed by atoms with E-state index in [1.165, 1.54) is 6.20 Å².